The van der Waals surface area contributed by atoms with Crippen molar-refractivity contribution in [2.45, 2.75) is 19.5 Å². The number of carbonyl (C=O) groups excluding carboxylic acids is 1. The predicted molar refractivity (Wildman–Crippen MR) is 115 cm³/mol. The molecule has 0 radical (unpaired) electrons. The molecule has 5 rings (SSSR count). The first kappa shape index (κ1) is 20.5. The summed E-state index contributed by atoms with van der Waals surface area (Å²) >= 11 is 0. The van der Waals surface area contributed by atoms with Crippen LogP contribution in [0.3, 0.4) is 0 Å². The Morgan fingerprint density at radius 2 is 1.93 bits per heavy atom. The molecular formula is C22H25ClN6O. The van der Waals surface area contributed by atoms with E-state index in [9.17, 15) is 4.79 Å². The molecular weight excluding hydrogens is 400 g/mol. The van der Waals surface area contributed by atoms with Gasteiger partial charge in [-0.25, -0.2) is 4.68 Å². The number of aromatic nitrogens is 4. The maximum absolute atomic E-state index is 13.5. The molecule has 2 aromatic carbocycles. The zero-order valence-electron chi connectivity index (χ0n) is 16.8. The molecule has 2 aliphatic heterocycles. The summed E-state index contributed by atoms with van der Waals surface area (Å²) in [6, 6.07) is 16.4. The third-order valence-corrected chi connectivity index (χ3v) is 6.27. The lowest BCUT2D eigenvalue weighted by molar-refractivity contribution is 0.0713. The normalized spacial score (nSPS) is 22.6. The van der Waals surface area contributed by atoms with Gasteiger partial charge in [-0.3, -0.25) is 4.79 Å². The highest BCUT2D eigenvalue weighted by atomic mass is 35.5. The number of nitrogens with zero attached hydrogens (tertiary/aromatic N) is 5. The SMILES string of the molecule is Cc1ccccc1[C@@H]1[C@H]2CNC[C@H]2CN1C(=O)c1ccc(Cn2cnnn2)cc1.Cl. The van der Waals surface area contributed by atoms with E-state index in [1.54, 1.807) is 11.0 Å². The van der Waals surface area contributed by atoms with Crippen molar-refractivity contribution >= 4 is 18.3 Å². The van der Waals surface area contributed by atoms with Gasteiger partial charge in [0.05, 0.1) is 12.6 Å². The van der Waals surface area contributed by atoms with Gasteiger partial charge in [0, 0.05) is 31.1 Å². The van der Waals surface area contributed by atoms with Crippen LogP contribution in [0, 0.1) is 18.8 Å². The Kier molecular flexibility index (Phi) is 5.83. The lowest BCUT2D eigenvalue weighted by atomic mass is 9.87. The van der Waals surface area contributed by atoms with Crippen molar-refractivity contribution in [3.05, 3.63) is 77.1 Å². The molecule has 0 aliphatic carbocycles. The Balaban J connectivity index is 0.00000218. The van der Waals surface area contributed by atoms with Crippen LogP contribution < -0.4 is 5.32 Å². The molecule has 7 nitrogen and oxygen atoms in total. The molecule has 8 heteroatoms. The van der Waals surface area contributed by atoms with Crippen LogP contribution in [0.5, 0.6) is 0 Å². The molecule has 1 aromatic heterocycles. The molecule has 30 heavy (non-hydrogen) atoms. The van der Waals surface area contributed by atoms with E-state index in [4.69, 9.17) is 0 Å². The summed E-state index contributed by atoms with van der Waals surface area (Å²) in [4.78, 5) is 15.6. The van der Waals surface area contributed by atoms with Crippen LogP contribution in [0.4, 0.5) is 0 Å². The van der Waals surface area contributed by atoms with Crippen LogP contribution in [-0.4, -0.2) is 50.6 Å². The molecule has 2 saturated heterocycles. The third kappa shape index (κ3) is 3.70. The first-order valence-corrected chi connectivity index (χ1v) is 10.1. The van der Waals surface area contributed by atoms with Gasteiger partial charge in [0.2, 0.25) is 0 Å². The second-order valence-corrected chi connectivity index (χ2v) is 8.05. The number of tetrazole rings is 1. The van der Waals surface area contributed by atoms with Crippen molar-refractivity contribution in [2.75, 3.05) is 19.6 Å². The number of aryl methyl sites for hydroxylation is 1. The number of benzene rings is 2. The Hall–Kier alpha value is -2.77. The standard InChI is InChI=1S/C22H24N6O.ClH/c1-15-4-2-3-5-19(15)21-20-11-23-10-18(20)13-28(21)22(29)17-8-6-16(7-9-17)12-27-14-24-25-26-27;/h2-9,14,18,20-21,23H,10-13H2,1H3;1H/t18-,20-,21+;/m0./s1. The van der Waals surface area contributed by atoms with Gasteiger partial charge in [0.1, 0.15) is 6.33 Å². The summed E-state index contributed by atoms with van der Waals surface area (Å²) in [6.07, 6.45) is 1.59. The quantitative estimate of drug-likeness (QED) is 0.696. The maximum atomic E-state index is 13.5. The van der Waals surface area contributed by atoms with E-state index in [1.165, 1.54) is 11.1 Å². The molecule has 2 aliphatic rings. The van der Waals surface area contributed by atoms with Crippen LogP contribution in [0.25, 0.3) is 0 Å². The number of rotatable bonds is 4. The molecule has 0 unspecified atom stereocenters. The van der Waals surface area contributed by atoms with E-state index < -0.39 is 0 Å². The van der Waals surface area contributed by atoms with E-state index >= 15 is 0 Å². The Morgan fingerprint density at radius 3 is 2.67 bits per heavy atom. The molecule has 156 valence electrons. The molecule has 1 N–H and O–H groups in total. The van der Waals surface area contributed by atoms with Crippen LogP contribution >= 0.6 is 12.4 Å². The minimum Gasteiger partial charge on any atom is -0.331 e. The zero-order chi connectivity index (χ0) is 19.8. The minimum absolute atomic E-state index is 0. The number of nitrogens with one attached hydrogen (secondary N) is 1. The first-order chi connectivity index (χ1) is 14.2. The Labute approximate surface area is 181 Å². The molecule has 3 aromatic rings. The van der Waals surface area contributed by atoms with Gasteiger partial charge in [0.15, 0.2) is 0 Å². The molecule has 1 amide bonds. The van der Waals surface area contributed by atoms with Crippen molar-refractivity contribution in [3.63, 3.8) is 0 Å². The smallest absolute Gasteiger partial charge is 0.254 e. The number of carbonyl (C=O) groups is 1. The fourth-order valence-corrected chi connectivity index (χ4v) is 4.80. The lowest BCUT2D eigenvalue weighted by Gasteiger charge is -2.29. The zero-order valence-corrected chi connectivity index (χ0v) is 17.6. The highest BCUT2D eigenvalue weighted by molar-refractivity contribution is 5.94. The summed E-state index contributed by atoms with van der Waals surface area (Å²) in [5, 5.41) is 14.7. The van der Waals surface area contributed by atoms with E-state index in [1.807, 2.05) is 24.3 Å². The topological polar surface area (TPSA) is 75.9 Å². The second-order valence-electron chi connectivity index (χ2n) is 8.05. The van der Waals surface area contributed by atoms with Gasteiger partial charge in [0.25, 0.3) is 5.91 Å². The van der Waals surface area contributed by atoms with E-state index in [0.717, 1.165) is 30.8 Å². The minimum atomic E-state index is 0. The Bertz CT molecular complexity index is 1010. The van der Waals surface area contributed by atoms with Crippen molar-refractivity contribution < 1.29 is 4.79 Å². The predicted octanol–water partition coefficient (Wildman–Crippen LogP) is 2.48. The third-order valence-electron chi connectivity index (χ3n) is 6.27. The molecule has 3 atom stereocenters. The highest BCUT2D eigenvalue weighted by Gasteiger charge is 2.47. The number of likely N-dealkylation sites (tertiary alicyclic amines) is 1. The number of amides is 1. The van der Waals surface area contributed by atoms with E-state index in [2.05, 4.69) is 56.9 Å². The monoisotopic (exact) mass is 424 g/mol. The largest absolute Gasteiger partial charge is 0.331 e. The van der Waals surface area contributed by atoms with Crippen LogP contribution in [0.2, 0.25) is 0 Å². The molecule has 0 spiro atoms. The lowest BCUT2D eigenvalue weighted by Crippen LogP contribution is -2.35. The van der Waals surface area contributed by atoms with Crippen molar-refractivity contribution in [1.82, 2.24) is 30.4 Å². The first-order valence-electron chi connectivity index (χ1n) is 10.1. The van der Waals surface area contributed by atoms with Crippen LogP contribution in [0.15, 0.2) is 54.9 Å². The van der Waals surface area contributed by atoms with Gasteiger partial charge in [-0.05, 0) is 52.1 Å². The molecule has 3 heterocycles. The van der Waals surface area contributed by atoms with Crippen LogP contribution in [-0.2, 0) is 6.54 Å². The van der Waals surface area contributed by atoms with Gasteiger partial charge in [-0.2, -0.15) is 0 Å². The second kappa shape index (κ2) is 8.53. The summed E-state index contributed by atoms with van der Waals surface area (Å²) < 4.78 is 1.67. The van der Waals surface area contributed by atoms with Gasteiger partial charge in [-0.1, -0.05) is 36.4 Å². The van der Waals surface area contributed by atoms with Crippen molar-refractivity contribution in [3.8, 4) is 0 Å². The fourth-order valence-electron chi connectivity index (χ4n) is 4.80. The summed E-state index contributed by atoms with van der Waals surface area (Å²) in [5.41, 5.74) is 4.32. The average Bonchev–Trinajstić information content (AvgIpc) is 3.46. The molecule has 0 bridgehead atoms. The van der Waals surface area contributed by atoms with E-state index in [-0.39, 0.29) is 24.4 Å². The van der Waals surface area contributed by atoms with E-state index in [0.29, 0.717) is 18.4 Å². The molecule has 2 fully saturated rings. The maximum Gasteiger partial charge on any atom is 0.254 e. The summed E-state index contributed by atoms with van der Waals surface area (Å²) in [7, 11) is 0. The summed E-state index contributed by atoms with van der Waals surface area (Å²) in [6.45, 7) is 5.50. The Morgan fingerprint density at radius 1 is 1.13 bits per heavy atom. The molecule has 0 saturated carbocycles. The highest BCUT2D eigenvalue weighted by Crippen LogP contribution is 2.44. The fraction of sp³-hybridized carbons (Fsp3) is 0.364. The van der Waals surface area contributed by atoms with Crippen molar-refractivity contribution in [1.29, 1.82) is 0 Å². The number of halogens is 1. The summed E-state index contributed by atoms with van der Waals surface area (Å²) in [5.74, 6) is 1.10. The van der Waals surface area contributed by atoms with Gasteiger partial charge in [-0.15, -0.1) is 17.5 Å². The van der Waals surface area contributed by atoms with Gasteiger partial charge < -0.3 is 10.2 Å². The number of fused-ring (bicyclic) bond motifs is 1. The van der Waals surface area contributed by atoms with Crippen LogP contribution in [0.1, 0.15) is 33.1 Å². The average molecular weight is 425 g/mol. The number of hydrogen-bond donors (Lipinski definition) is 1. The van der Waals surface area contributed by atoms with Gasteiger partial charge >= 0.3 is 0 Å². The van der Waals surface area contributed by atoms with Crippen molar-refractivity contribution in [2.24, 2.45) is 11.8 Å². The number of hydrogen-bond acceptors (Lipinski definition) is 5.